The van der Waals surface area contributed by atoms with Crippen LogP contribution in [0.5, 0.6) is 0 Å². The topological polar surface area (TPSA) is 61.6 Å². The summed E-state index contributed by atoms with van der Waals surface area (Å²) < 4.78 is 9.18. The van der Waals surface area contributed by atoms with Crippen molar-refractivity contribution in [1.82, 2.24) is 0 Å². The zero-order valence-electron chi connectivity index (χ0n) is 5.59. The standard InChI is InChI=1S/C5H11NO3/c1-4(3-8-2)9-5(6)7/h4H,3H2,1-2H3,(H2,6,7). The Morgan fingerprint density at radius 2 is 2.33 bits per heavy atom. The molecular formula is C5H11NO3. The molecule has 0 fully saturated rings. The molecule has 0 spiro atoms. The molecule has 0 rings (SSSR count). The molecule has 0 aliphatic rings. The molecule has 0 saturated carbocycles. The molecule has 9 heavy (non-hydrogen) atoms. The van der Waals surface area contributed by atoms with Gasteiger partial charge in [-0.2, -0.15) is 0 Å². The first-order chi connectivity index (χ1) is 4.16. The molecule has 2 N–H and O–H groups in total. The van der Waals surface area contributed by atoms with Crippen molar-refractivity contribution in [2.24, 2.45) is 5.73 Å². The molecule has 0 radical (unpaired) electrons. The van der Waals surface area contributed by atoms with Crippen molar-refractivity contribution in [2.45, 2.75) is 13.0 Å². The molecule has 0 aromatic carbocycles. The van der Waals surface area contributed by atoms with Gasteiger partial charge in [-0.25, -0.2) is 4.79 Å². The molecule has 0 bridgehead atoms. The second-order valence-electron chi connectivity index (χ2n) is 1.70. The van der Waals surface area contributed by atoms with Crippen LogP contribution in [0.4, 0.5) is 4.79 Å². The van der Waals surface area contributed by atoms with E-state index in [1.165, 1.54) is 7.11 Å². The molecule has 4 nitrogen and oxygen atoms in total. The molecule has 0 aromatic rings. The molecule has 1 unspecified atom stereocenters. The molecule has 1 amide bonds. The third kappa shape index (κ3) is 5.10. The van der Waals surface area contributed by atoms with Crippen molar-refractivity contribution >= 4 is 6.09 Å². The molecule has 4 heteroatoms. The van der Waals surface area contributed by atoms with Crippen LogP contribution >= 0.6 is 0 Å². The molecule has 0 aliphatic carbocycles. The largest absolute Gasteiger partial charge is 0.444 e. The lowest BCUT2D eigenvalue weighted by Gasteiger charge is -2.08. The first-order valence-electron chi connectivity index (χ1n) is 2.62. The number of amides is 1. The van der Waals surface area contributed by atoms with Crippen LogP contribution in [0.2, 0.25) is 0 Å². The minimum absolute atomic E-state index is 0.257. The lowest BCUT2D eigenvalue weighted by Crippen LogP contribution is -2.23. The van der Waals surface area contributed by atoms with Gasteiger partial charge in [0.25, 0.3) is 0 Å². The van der Waals surface area contributed by atoms with Crippen molar-refractivity contribution in [3.8, 4) is 0 Å². The second-order valence-corrected chi connectivity index (χ2v) is 1.70. The summed E-state index contributed by atoms with van der Waals surface area (Å²) in [4.78, 5) is 10.0. The van der Waals surface area contributed by atoms with Gasteiger partial charge in [0.1, 0.15) is 6.10 Å². The summed E-state index contributed by atoms with van der Waals surface area (Å²) in [6, 6.07) is 0. The van der Waals surface area contributed by atoms with E-state index in [0.29, 0.717) is 6.61 Å². The number of hydrogen-bond donors (Lipinski definition) is 1. The highest BCUT2D eigenvalue weighted by atomic mass is 16.6. The van der Waals surface area contributed by atoms with Gasteiger partial charge in [-0.05, 0) is 6.92 Å². The van der Waals surface area contributed by atoms with Gasteiger partial charge < -0.3 is 15.2 Å². The lowest BCUT2D eigenvalue weighted by molar-refractivity contribution is 0.0540. The lowest BCUT2D eigenvalue weighted by atomic mass is 10.4. The van der Waals surface area contributed by atoms with Gasteiger partial charge in [0.15, 0.2) is 0 Å². The van der Waals surface area contributed by atoms with E-state index in [-0.39, 0.29) is 6.10 Å². The van der Waals surface area contributed by atoms with Crippen molar-refractivity contribution in [2.75, 3.05) is 13.7 Å². The maximum atomic E-state index is 10.0. The number of carbonyl (C=O) groups excluding carboxylic acids is 1. The minimum atomic E-state index is -0.764. The SMILES string of the molecule is COCC(C)OC(N)=O. The monoisotopic (exact) mass is 133 g/mol. The highest BCUT2D eigenvalue weighted by Gasteiger charge is 2.02. The van der Waals surface area contributed by atoms with E-state index >= 15 is 0 Å². The van der Waals surface area contributed by atoms with Crippen LogP contribution in [0.3, 0.4) is 0 Å². The van der Waals surface area contributed by atoms with Crippen LogP contribution in [0.25, 0.3) is 0 Å². The number of ether oxygens (including phenoxy) is 2. The van der Waals surface area contributed by atoms with E-state index in [4.69, 9.17) is 5.73 Å². The van der Waals surface area contributed by atoms with Crippen molar-refractivity contribution < 1.29 is 14.3 Å². The van der Waals surface area contributed by atoms with Crippen molar-refractivity contribution in [3.63, 3.8) is 0 Å². The van der Waals surface area contributed by atoms with Gasteiger partial charge in [0, 0.05) is 7.11 Å². The second kappa shape index (κ2) is 4.14. The first-order valence-corrected chi connectivity index (χ1v) is 2.62. The third-order valence-electron chi connectivity index (χ3n) is 0.719. The average molecular weight is 133 g/mol. The predicted molar refractivity (Wildman–Crippen MR) is 32.0 cm³/mol. The summed E-state index contributed by atoms with van der Waals surface area (Å²) in [7, 11) is 1.53. The Morgan fingerprint density at radius 1 is 1.78 bits per heavy atom. The van der Waals surface area contributed by atoms with Crippen LogP contribution in [0.15, 0.2) is 0 Å². The highest BCUT2D eigenvalue weighted by molar-refractivity contribution is 5.64. The van der Waals surface area contributed by atoms with E-state index < -0.39 is 6.09 Å². The normalized spacial score (nSPS) is 12.7. The number of nitrogens with two attached hydrogens (primary N) is 1. The molecule has 0 aromatic heterocycles. The van der Waals surface area contributed by atoms with Crippen molar-refractivity contribution in [3.05, 3.63) is 0 Å². The molecule has 0 aliphatic heterocycles. The maximum Gasteiger partial charge on any atom is 0.404 e. The van der Waals surface area contributed by atoms with Crippen LogP contribution < -0.4 is 5.73 Å². The molecule has 54 valence electrons. The van der Waals surface area contributed by atoms with Crippen LogP contribution in [0.1, 0.15) is 6.92 Å². The molecule has 1 atom stereocenters. The zero-order chi connectivity index (χ0) is 7.28. The molecular weight excluding hydrogens is 122 g/mol. The Kier molecular flexibility index (Phi) is 3.79. The van der Waals surface area contributed by atoms with E-state index in [1.807, 2.05) is 0 Å². The fraction of sp³-hybridized carbons (Fsp3) is 0.800. The van der Waals surface area contributed by atoms with Crippen LogP contribution in [0, 0.1) is 0 Å². The maximum absolute atomic E-state index is 10.0. The Balaban J connectivity index is 3.26. The Morgan fingerprint density at radius 3 is 2.67 bits per heavy atom. The number of methoxy groups -OCH3 is 1. The molecule has 0 saturated heterocycles. The number of carbonyl (C=O) groups is 1. The summed E-state index contributed by atoms with van der Waals surface area (Å²) >= 11 is 0. The zero-order valence-corrected chi connectivity index (χ0v) is 5.59. The summed E-state index contributed by atoms with van der Waals surface area (Å²) in [5, 5.41) is 0. The summed E-state index contributed by atoms with van der Waals surface area (Å²) in [5.74, 6) is 0. The van der Waals surface area contributed by atoms with Gasteiger partial charge in [0.05, 0.1) is 6.61 Å². The highest BCUT2D eigenvalue weighted by Crippen LogP contribution is 1.88. The Hall–Kier alpha value is -0.770. The smallest absolute Gasteiger partial charge is 0.404 e. The third-order valence-corrected chi connectivity index (χ3v) is 0.719. The van der Waals surface area contributed by atoms with E-state index in [1.54, 1.807) is 6.92 Å². The van der Waals surface area contributed by atoms with E-state index in [0.717, 1.165) is 0 Å². The fourth-order valence-corrected chi connectivity index (χ4v) is 0.467. The quantitative estimate of drug-likeness (QED) is 0.594. The molecule has 0 heterocycles. The van der Waals surface area contributed by atoms with Gasteiger partial charge in [0.2, 0.25) is 0 Å². The fourth-order valence-electron chi connectivity index (χ4n) is 0.467. The summed E-state index contributed by atoms with van der Waals surface area (Å²) in [5.41, 5.74) is 4.71. The summed E-state index contributed by atoms with van der Waals surface area (Å²) in [6.45, 7) is 2.08. The minimum Gasteiger partial charge on any atom is -0.444 e. The van der Waals surface area contributed by atoms with Crippen LogP contribution in [-0.4, -0.2) is 25.9 Å². The Labute approximate surface area is 53.9 Å². The number of hydrogen-bond acceptors (Lipinski definition) is 3. The van der Waals surface area contributed by atoms with Crippen molar-refractivity contribution in [1.29, 1.82) is 0 Å². The van der Waals surface area contributed by atoms with E-state index in [9.17, 15) is 4.79 Å². The van der Waals surface area contributed by atoms with Gasteiger partial charge in [-0.15, -0.1) is 0 Å². The number of rotatable bonds is 3. The van der Waals surface area contributed by atoms with E-state index in [2.05, 4.69) is 9.47 Å². The Bertz CT molecular complexity index is 94.2. The van der Waals surface area contributed by atoms with Crippen LogP contribution in [-0.2, 0) is 9.47 Å². The van der Waals surface area contributed by atoms with Gasteiger partial charge in [-0.1, -0.05) is 0 Å². The summed E-state index contributed by atoms with van der Waals surface area (Å²) in [6.07, 6.45) is -1.02. The number of primary amides is 1. The van der Waals surface area contributed by atoms with Gasteiger partial charge >= 0.3 is 6.09 Å². The van der Waals surface area contributed by atoms with Gasteiger partial charge in [-0.3, -0.25) is 0 Å². The first kappa shape index (κ1) is 8.23. The average Bonchev–Trinajstić information content (AvgIpc) is 1.63. The predicted octanol–water partition coefficient (Wildman–Crippen LogP) is 0.117.